The highest BCUT2D eigenvalue weighted by Crippen LogP contribution is 2.21. The van der Waals surface area contributed by atoms with Gasteiger partial charge >= 0.3 is 0 Å². The Labute approximate surface area is 135 Å². The first-order valence-electron chi connectivity index (χ1n) is 6.29. The van der Waals surface area contributed by atoms with Gasteiger partial charge in [0.15, 0.2) is 5.11 Å². The summed E-state index contributed by atoms with van der Waals surface area (Å²) >= 11 is 4.88. The first-order chi connectivity index (χ1) is 10.8. The standard InChI is InChI=1S/C14H10FN3O4S/c1-2-5-17-13(20)10(12(19)16-14(17)23)7-8-6-9(18(21)22)3-4-11(8)15/h2-4,6-7H,1,5H2,(H,16,19,23)/b10-7+. The van der Waals surface area contributed by atoms with Crippen LogP contribution >= 0.6 is 12.2 Å². The van der Waals surface area contributed by atoms with Gasteiger partial charge in [-0.3, -0.25) is 29.9 Å². The van der Waals surface area contributed by atoms with Crippen molar-refractivity contribution >= 4 is 40.9 Å². The SMILES string of the molecule is C=CCN1C(=O)/C(=C/c2cc([N+](=O)[O-])ccc2F)C(=O)NC1=S. The summed E-state index contributed by atoms with van der Waals surface area (Å²) in [5.74, 6) is -2.33. The average molecular weight is 335 g/mol. The summed E-state index contributed by atoms with van der Waals surface area (Å²) in [6, 6.07) is 2.81. The Morgan fingerprint density at radius 1 is 1.43 bits per heavy atom. The molecule has 0 spiro atoms. The zero-order valence-electron chi connectivity index (χ0n) is 11.6. The van der Waals surface area contributed by atoms with Crippen LogP contribution < -0.4 is 5.32 Å². The van der Waals surface area contributed by atoms with E-state index in [1.807, 2.05) is 0 Å². The molecule has 118 valence electrons. The molecule has 0 aromatic heterocycles. The van der Waals surface area contributed by atoms with E-state index >= 15 is 0 Å². The summed E-state index contributed by atoms with van der Waals surface area (Å²) in [4.78, 5) is 35.3. The van der Waals surface area contributed by atoms with Crippen LogP contribution in [0.3, 0.4) is 0 Å². The molecule has 1 aromatic carbocycles. The molecule has 1 N–H and O–H groups in total. The molecule has 2 amide bonds. The van der Waals surface area contributed by atoms with Gasteiger partial charge in [-0.05, 0) is 24.4 Å². The van der Waals surface area contributed by atoms with Crippen LogP contribution in [0.1, 0.15) is 5.56 Å². The van der Waals surface area contributed by atoms with Crippen LogP contribution in [0, 0.1) is 15.9 Å². The van der Waals surface area contributed by atoms with E-state index in [9.17, 15) is 24.1 Å². The van der Waals surface area contributed by atoms with Crippen LogP contribution in [0.15, 0.2) is 36.4 Å². The number of amides is 2. The molecule has 0 unspecified atom stereocenters. The lowest BCUT2D eigenvalue weighted by Gasteiger charge is -2.27. The van der Waals surface area contributed by atoms with Crippen molar-refractivity contribution < 1.29 is 18.9 Å². The number of nitrogens with zero attached hydrogens (tertiary/aromatic N) is 2. The molecule has 1 aliphatic rings. The van der Waals surface area contributed by atoms with Crippen LogP contribution in [0.5, 0.6) is 0 Å². The predicted molar refractivity (Wildman–Crippen MR) is 83.7 cm³/mol. The van der Waals surface area contributed by atoms with Crippen molar-refractivity contribution in [2.24, 2.45) is 0 Å². The Balaban J connectivity index is 2.48. The highest BCUT2D eigenvalue weighted by molar-refractivity contribution is 7.80. The zero-order chi connectivity index (χ0) is 17.1. The molecule has 1 heterocycles. The van der Waals surface area contributed by atoms with Gasteiger partial charge in [0.1, 0.15) is 11.4 Å². The number of nitrogens with one attached hydrogen (secondary N) is 1. The molecule has 2 rings (SSSR count). The number of carbonyl (C=O) groups excluding carboxylic acids is 2. The van der Waals surface area contributed by atoms with Gasteiger partial charge in [-0.2, -0.15) is 0 Å². The van der Waals surface area contributed by atoms with Crippen LogP contribution in [-0.2, 0) is 9.59 Å². The summed E-state index contributed by atoms with van der Waals surface area (Å²) in [7, 11) is 0. The second-order valence-electron chi connectivity index (χ2n) is 4.48. The van der Waals surface area contributed by atoms with E-state index in [4.69, 9.17) is 12.2 Å². The van der Waals surface area contributed by atoms with Gasteiger partial charge in [0.25, 0.3) is 17.5 Å². The molecule has 7 nitrogen and oxygen atoms in total. The third-order valence-corrected chi connectivity index (χ3v) is 3.31. The fourth-order valence-electron chi connectivity index (χ4n) is 1.90. The van der Waals surface area contributed by atoms with E-state index in [0.717, 1.165) is 29.2 Å². The van der Waals surface area contributed by atoms with Gasteiger partial charge in [-0.25, -0.2) is 4.39 Å². The maximum atomic E-state index is 13.8. The molecule has 1 aliphatic heterocycles. The van der Waals surface area contributed by atoms with Crippen LogP contribution in [0.25, 0.3) is 6.08 Å². The summed E-state index contributed by atoms with van der Waals surface area (Å²) in [5.41, 5.74) is -0.982. The summed E-state index contributed by atoms with van der Waals surface area (Å²) in [6.45, 7) is 3.54. The van der Waals surface area contributed by atoms with Gasteiger partial charge in [0, 0.05) is 24.2 Å². The Kier molecular flexibility index (Phi) is 4.60. The molecule has 23 heavy (non-hydrogen) atoms. The molecule has 1 aromatic rings. The molecular formula is C14H10FN3O4S. The van der Waals surface area contributed by atoms with E-state index in [-0.39, 0.29) is 28.5 Å². The summed E-state index contributed by atoms with van der Waals surface area (Å²) < 4.78 is 13.8. The molecule has 1 fully saturated rings. The maximum absolute atomic E-state index is 13.8. The van der Waals surface area contributed by atoms with E-state index in [2.05, 4.69) is 11.9 Å². The molecule has 0 radical (unpaired) electrons. The van der Waals surface area contributed by atoms with Gasteiger partial charge in [-0.1, -0.05) is 6.08 Å². The molecule has 0 bridgehead atoms. The van der Waals surface area contributed by atoms with Crippen molar-refractivity contribution in [1.82, 2.24) is 10.2 Å². The molecule has 0 saturated carbocycles. The lowest BCUT2D eigenvalue weighted by Crippen LogP contribution is -2.53. The van der Waals surface area contributed by atoms with E-state index in [1.54, 1.807) is 0 Å². The van der Waals surface area contributed by atoms with E-state index in [0.29, 0.717) is 0 Å². The Hall–Kier alpha value is -2.94. The second-order valence-corrected chi connectivity index (χ2v) is 4.87. The third-order valence-electron chi connectivity index (χ3n) is 2.99. The first-order valence-corrected chi connectivity index (χ1v) is 6.69. The van der Waals surface area contributed by atoms with Crippen LogP contribution in [-0.4, -0.2) is 33.3 Å². The summed E-state index contributed by atoms with van der Waals surface area (Å²) in [6.07, 6.45) is 2.37. The number of carbonyl (C=O) groups is 2. The lowest BCUT2D eigenvalue weighted by atomic mass is 10.1. The highest BCUT2D eigenvalue weighted by Gasteiger charge is 2.32. The Morgan fingerprint density at radius 2 is 2.13 bits per heavy atom. The molecule has 0 atom stereocenters. The largest absolute Gasteiger partial charge is 0.298 e. The predicted octanol–water partition coefficient (Wildman–Crippen LogP) is 1.55. The summed E-state index contributed by atoms with van der Waals surface area (Å²) in [5, 5.41) is 13.0. The van der Waals surface area contributed by atoms with E-state index < -0.39 is 22.6 Å². The van der Waals surface area contributed by atoms with Gasteiger partial charge < -0.3 is 0 Å². The Morgan fingerprint density at radius 3 is 2.74 bits per heavy atom. The lowest BCUT2D eigenvalue weighted by molar-refractivity contribution is -0.384. The third kappa shape index (κ3) is 3.29. The van der Waals surface area contributed by atoms with E-state index in [1.165, 1.54) is 6.08 Å². The number of thiocarbonyl (C=S) groups is 1. The monoisotopic (exact) mass is 335 g/mol. The fraction of sp³-hybridized carbons (Fsp3) is 0.0714. The van der Waals surface area contributed by atoms with Crippen molar-refractivity contribution in [2.75, 3.05) is 6.54 Å². The average Bonchev–Trinajstić information content (AvgIpc) is 2.49. The molecule has 1 saturated heterocycles. The van der Waals surface area contributed by atoms with Crippen LogP contribution in [0.4, 0.5) is 10.1 Å². The van der Waals surface area contributed by atoms with Gasteiger partial charge in [0.2, 0.25) is 0 Å². The van der Waals surface area contributed by atoms with Crippen molar-refractivity contribution in [1.29, 1.82) is 0 Å². The number of nitro groups is 1. The van der Waals surface area contributed by atoms with Crippen LogP contribution in [0.2, 0.25) is 0 Å². The van der Waals surface area contributed by atoms with Crippen molar-refractivity contribution in [3.8, 4) is 0 Å². The van der Waals surface area contributed by atoms with Gasteiger partial charge in [0.05, 0.1) is 4.92 Å². The molecule has 0 aliphatic carbocycles. The number of non-ortho nitro benzene ring substituents is 1. The highest BCUT2D eigenvalue weighted by atomic mass is 32.1. The minimum Gasteiger partial charge on any atom is -0.298 e. The number of benzene rings is 1. The fourth-order valence-corrected chi connectivity index (χ4v) is 2.15. The molecular weight excluding hydrogens is 325 g/mol. The first kappa shape index (κ1) is 16.4. The maximum Gasteiger partial charge on any atom is 0.270 e. The normalized spacial score (nSPS) is 16.5. The van der Waals surface area contributed by atoms with Crippen molar-refractivity contribution in [2.45, 2.75) is 0 Å². The topological polar surface area (TPSA) is 92.6 Å². The zero-order valence-corrected chi connectivity index (χ0v) is 12.4. The molecule has 9 heteroatoms. The number of nitro benzene ring substituents is 1. The minimum atomic E-state index is -0.800. The quantitative estimate of drug-likeness (QED) is 0.225. The number of hydrogen-bond donors (Lipinski definition) is 1. The number of hydrogen-bond acceptors (Lipinski definition) is 5. The minimum absolute atomic E-state index is 0.0622. The smallest absolute Gasteiger partial charge is 0.270 e. The van der Waals surface area contributed by atoms with Crippen molar-refractivity contribution in [3.63, 3.8) is 0 Å². The van der Waals surface area contributed by atoms with Crippen molar-refractivity contribution in [3.05, 3.63) is 57.9 Å². The van der Waals surface area contributed by atoms with Gasteiger partial charge in [-0.15, -0.1) is 6.58 Å². The Bertz CT molecular complexity index is 775. The second kappa shape index (κ2) is 6.44. The number of halogens is 1. The number of rotatable bonds is 4.